The molecule has 4 heteroatoms. The summed E-state index contributed by atoms with van der Waals surface area (Å²) in [5.74, 6) is 5.13. The van der Waals surface area contributed by atoms with Crippen LogP contribution in [0.25, 0.3) is 0 Å². The first-order valence-electron chi connectivity index (χ1n) is 3.23. The van der Waals surface area contributed by atoms with Crippen molar-refractivity contribution in [1.29, 1.82) is 0 Å². The molecule has 0 fully saturated rings. The molecule has 3 N–H and O–H groups in total. The van der Waals surface area contributed by atoms with Gasteiger partial charge < -0.3 is 10.3 Å². The van der Waals surface area contributed by atoms with Crippen molar-refractivity contribution >= 4 is 17.3 Å². The van der Waals surface area contributed by atoms with Crippen LogP contribution in [0.4, 0.5) is 0 Å². The maximum atomic E-state index is 5.13. The third-order valence-electron chi connectivity index (χ3n) is 1.11. The number of rotatable bonds is 4. The van der Waals surface area contributed by atoms with Gasteiger partial charge in [0.1, 0.15) is 0 Å². The van der Waals surface area contributed by atoms with E-state index in [1.165, 1.54) is 0 Å². The van der Waals surface area contributed by atoms with E-state index in [1.807, 2.05) is 4.90 Å². The predicted molar refractivity (Wildman–Crippen MR) is 51.9 cm³/mol. The van der Waals surface area contributed by atoms with Crippen molar-refractivity contribution in [1.82, 2.24) is 10.3 Å². The first-order valence-corrected chi connectivity index (χ1v) is 3.64. The minimum absolute atomic E-state index is 0.504. The largest absolute Gasteiger partial charge is 0.341 e. The number of nitrogens with zero attached hydrogens (tertiary/aromatic N) is 1. The molecule has 0 heterocycles. The molecule has 62 valence electrons. The van der Waals surface area contributed by atoms with Gasteiger partial charge in [0.05, 0.1) is 0 Å². The highest BCUT2D eigenvalue weighted by atomic mass is 32.1. The lowest BCUT2D eigenvalue weighted by atomic mass is 10.5. The molecule has 0 radical (unpaired) electrons. The van der Waals surface area contributed by atoms with Gasteiger partial charge in [-0.05, 0) is 12.2 Å². The second-order valence-corrected chi connectivity index (χ2v) is 2.32. The Morgan fingerprint density at radius 3 is 2.18 bits per heavy atom. The van der Waals surface area contributed by atoms with Gasteiger partial charge in [0.15, 0.2) is 5.11 Å². The van der Waals surface area contributed by atoms with Crippen molar-refractivity contribution in [3.8, 4) is 0 Å². The highest BCUT2D eigenvalue weighted by molar-refractivity contribution is 7.80. The normalized spacial score (nSPS) is 8.45. The Bertz CT molecular complexity index is 146. The van der Waals surface area contributed by atoms with Crippen molar-refractivity contribution in [3.05, 3.63) is 25.3 Å². The molecule has 0 spiro atoms. The molecule has 3 nitrogen and oxygen atoms in total. The molecule has 0 aromatic heterocycles. The van der Waals surface area contributed by atoms with Crippen LogP contribution in [0.3, 0.4) is 0 Å². The summed E-state index contributed by atoms with van der Waals surface area (Å²) in [5, 5.41) is 0.504. The van der Waals surface area contributed by atoms with E-state index in [9.17, 15) is 0 Å². The average molecular weight is 171 g/mol. The zero-order chi connectivity index (χ0) is 8.69. The summed E-state index contributed by atoms with van der Waals surface area (Å²) in [6, 6.07) is 0. The van der Waals surface area contributed by atoms with Gasteiger partial charge in [-0.15, -0.1) is 13.2 Å². The molecule has 0 aliphatic carbocycles. The van der Waals surface area contributed by atoms with Gasteiger partial charge in [-0.3, -0.25) is 0 Å². The third-order valence-corrected chi connectivity index (χ3v) is 1.49. The summed E-state index contributed by atoms with van der Waals surface area (Å²) in [6.07, 6.45) is 3.51. The quantitative estimate of drug-likeness (QED) is 0.278. The second-order valence-electron chi connectivity index (χ2n) is 1.93. The van der Waals surface area contributed by atoms with Gasteiger partial charge in [-0.25, -0.2) is 5.84 Å². The van der Waals surface area contributed by atoms with Crippen LogP contribution in [0.2, 0.25) is 0 Å². The molecular formula is C7H13N3S. The highest BCUT2D eigenvalue weighted by Gasteiger charge is 2.02. The first-order chi connectivity index (χ1) is 5.26. The summed E-state index contributed by atoms with van der Waals surface area (Å²) in [7, 11) is 0. The standard InChI is InChI=1S/C7H13N3S/c1-3-5-10(6-4-2)7(11)9-8/h3-4H,1-2,5-6,8H2,(H,9,11). The van der Waals surface area contributed by atoms with Gasteiger partial charge in [-0.1, -0.05) is 12.2 Å². The SMILES string of the molecule is C=CCN(CC=C)C(=S)NN. The number of thiocarbonyl (C=S) groups is 1. The number of nitrogens with two attached hydrogens (primary N) is 1. The highest BCUT2D eigenvalue weighted by Crippen LogP contribution is 1.89. The molecule has 0 rings (SSSR count). The van der Waals surface area contributed by atoms with Crippen LogP contribution in [0.5, 0.6) is 0 Å². The summed E-state index contributed by atoms with van der Waals surface area (Å²) in [4.78, 5) is 1.84. The molecule has 0 aromatic carbocycles. The van der Waals surface area contributed by atoms with E-state index >= 15 is 0 Å². The van der Waals surface area contributed by atoms with Crippen molar-refractivity contribution in [2.75, 3.05) is 13.1 Å². The lowest BCUT2D eigenvalue weighted by molar-refractivity contribution is 0.503. The first kappa shape index (κ1) is 10.1. The van der Waals surface area contributed by atoms with E-state index in [-0.39, 0.29) is 0 Å². The molecule has 11 heavy (non-hydrogen) atoms. The van der Waals surface area contributed by atoms with Crippen molar-refractivity contribution in [2.24, 2.45) is 5.84 Å². The maximum Gasteiger partial charge on any atom is 0.183 e. The van der Waals surface area contributed by atoms with Gasteiger partial charge in [0.25, 0.3) is 0 Å². The van der Waals surface area contributed by atoms with E-state index in [0.29, 0.717) is 18.2 Å². The monoisotopic (exact) mass is 171 g/mol. The Labute approximate surface area is 72.5 Å². The van der Waals surface area contributed by atoms with Gasteiger partial charge >= 0.3 is 0 Å². The Morgan fingerprint density at radius 1 is 1.45 bits per heavy atom. The molecule has 0 aliphatic rings. The number of hydrogen-bond acceptors (Lipinski definition) is 2. The van der Waals surface area contributed by atoms with E-state index in [4.69, 9.17) is 18.1 Å². The Morgan fingerprint density at radius 2 is 1.91 bits per heavy atom. The van der Waals surface area contributed by atoms with Crippen LogP contribution in [-0.4, -0.2) is 23.1 Å². The molecule has 0 saturated carbocycles. The van der Waals surface area contributed by atoms with Gasteiger partial charge in [0, 0.05) is 13.1 Å². The topological polar surface area (TPSA) is 41.3 Å². The van der Waals surface area contributed by atoms with Crippen molar-refractivity contribution < 1.29 is 0 Å². The number of nitrogens with one attached hydrogen (secondary N) is 1. The summed E-state index contributed by atoms with van der Waals surface area (Å²) < 4.78 is 0. The Balaban J connectivity index is 3.95. The van der Waals surface area contributed by atoms with E-state index < -0.39 is 0 Å². The van der Waals surface area contributed by atoms with Crippen LogP contribution >= 0.6 is 12.2 Å². The third kappa shape index (κ3) is 3.75. The average Bonchev–Trinajstić information content (AvgIpc) is 2.03. The fraction of sp³-hybridized carbons (Fsp3) is 0.286. The molecule has 0 amide bonds. The molecule has 0 saturated heterocycles. The Kier molecular flexibility index (Phi) is 5.42. The van der Waals surface area contributed by atoms with Crippen LogP contribution in [0, 0.1) is 0 Å². The number of hydrazine groups is 1. The van der Waals surface area contributed by atoms with Crippen molar-refractivity contribution in [3.63, 3.8) is 0 Å². The predicted octanol–water partition coefficient (Wildman–Crippen LogP) is 0.409. The smallest absolute Gasteiger partial charge is 0.183 e. The zero-order valence-electron chi connectivity index (χ0n) is 6.42. The van der Waals surface area contributed by atoms with Gasteiger partial charge in [0.2, 0.25) is 0 Å². The molecule has 0 bridgehead atoms. The molecule has 0 atom stereocenters. The minimum atomic E-state index is 0.504. The maximum absolute atomic E-state index is 5.13. The number of hydrogen-bond donors (Lipinski definition) is 2. The van der Waals surface area contributed by atoms with Crippen molar-refractivity contribution in [2.45, 2.75) is 0 Å². The lowest BCUT2D eigenvalue weighted by Gasteiger charge is -2.20. The minimum Gasteiger partial charge on any atom is -0.341 e. The molecular weight excluding hydrogens is 158 g/mol. The summed E-state index contributed by atoms with van der Waals surface area (Å²) >= 11 is 4.90. The van der Waals surface area contributed by atoms with Crippen LogP contribution in [-0.2, 0) is 0 Å². The fourth-order valence-electron chi connectivity index (χ4n) is 0.643. The summed E-state index contributed by atoms with van der Waals surface area (Å²) in [6.45, 7) is 8.54. The summed E-state index contributed by atoms with van der Waals surface area (Å²) in [5.41, 5.74) is 2.40. The van der Waals surface area contributed by atoms with Gasteiger partial charge in [-0.2, -0.15) is 0 Å². The van der Waals surface area contributed by atoms with E-state index in [0.717, 1.165) is 0 Å². The fourth-order valence-corrected chi connectivity index (χ4v) is 0.792. The second kappa shape index (κ2) is 5.88. The van der Waals surface area contributed by atoms with Crippen LogP contribution in [0.1, 0.15) is 0 Å². The van der Waals surface area contributed by atoms with E-state index in [1.54, 1.807) is 12.2 Å². The molecule has 0 unspecified atom stereocenters. The zero-order valence-corrected chi connectivity index (χ0v) is 7.23. The van der Waals surface area contributed by atoms with Crippen LogP contribution < -0.4 is 11.3 Å². The van der Waals surface area contributed by atoms with Crippen LogP contribution in [0.15, 0.2) is 25.3 Å². The molecule has 0 aliphatic heterocycles. The Hall–Kier alpha value is -0.870. The lowest BCUT2D eigenvalue weighted by Crippen LogP contribution is -2.43. The van der Waals surface area contributed by atoms with E-state index in [2.05, 4.69) is 18.6 Å². The molecule has 0 aromatic rings.